The van der Waals surface area contributed by atoms with Crippen LogP contribution in [0.25, 0.3) is 5.69 Å². The van der Waals surface area contributed by atoms with Crippen LogP contribution in [0.15, 0.2) is 47.7 Å². The summed E-state index contributed by atoms with van der Waals surface area (Å²) in [5.74, 6) is 0.829. The first-order valence-electron chi connectivity index (χ1n) is 8.94. The van der Waals surface area contributed by atoms with E-state index in [-0.39, 0.29) is 5.60 Å². The van der Waals surface area contributed by atoms with Gasteiger partial charge in [-0.3, -0.25) is 0 Å². The zero-order valence-electron chi connectivity index (χ0n) is 15.0. The minimum absolute atomic E-state index is 0.0817. The smallest absolute Gasteiger partial charge is 0.191 e. The number of benzene rings is 1. The second-order valence-corrected chi connectivity index (χ2v) is 6.57. The Morgan fingerprint density at radius 1 is 1.32 bits per heavy atom. The second-order valence-electron chi connectivity index (χ2n) is 6.57. The Hall–Kier alpha value is -2.34. The molecule has 2 heterocycles. The Kier molecular flexibility index (Phi) is 5.71. The van der Waals surface area contributed by atoms with Gasteiger partial charge in [-0.15, -0.1) is 0 Å². The fraction of sp³-hybridized carbons (Fsp3) is 0.474. The third-order valence-corrected chi connectivity index (χ3v) is 4.40. The molecule has 1 aromatic heterocycles. The van der Waals surface area contributed by atoms with Gasteiger partial charge in [0, 0.05) is 32.1 Å². The first kappa shape index (κ1) is 17.5. The topological polar surface area (TPSA) is 63.5 Å². The number of ether oxygens (including phenoxy) is 1. The van der Waals surface area contributed by atoms with Gasteiger partial charge in [0.25, 0.3) is 0 Å². The van der Waals surface area contributed by atoms with Crippen molar-refractivity contribution in [3.8, 4) is 5.69 Å². The van der Waals surface area contributed by atoms with Gasteiger partial charge >= 0.3 is 0 Å². The Morgan fingerprint density at radius 3 is 2.80 bits per heavy atom. The first-order valence-corrected chi connectivity index (χ1v) is 8.94. The number of guanidine groups is 1. The molecule has 134 valence electrons. The summed E-state index contributed by atoms with van der Waals surface area (Å²) in [4.78, 5) is 4.68. The molecule has 0 amide bonds. The lowest BCUT2D eigenvalue weighted by Gasteiger charge is -2.24. The lowest BCUT2D eigenvalue weighted by atomic mass is 10.0. The molecule has 1 saturated heterocycles. The molecule has 1 aliphatic heterocycles. The highest BCUT2D eigenvalue weighted by atomic mass is 16.5. The van der Waals surface area contributed by atoms with Crippen molar-refractivity contribution in [1.29, 1.82) is 0 Å². The average Bonchev–Trinajstić information content (AvgIpc) is 3.30. The highest BCUT2D eigenvalue weighted by Gasteiger charge is 2.29. The van der Waals surface area contributed by atoms with Gasteiger partial charge < -0.3 is 15.4 Å². The maximum absolute atomic E-state index is 5.83. The summed E-state index contributed by atoms with van der Waals surface area (Å²) in [7, 11) is 0. The van der Waals surface area contributed by atoms with Crippen molar-refractivity contribution in [2.24, 2.45) is 4.99 Å². The number of rotatable bonds is 6. The van der Waals surface area contributed by atoms with Crippen molar-refractivity contribution in [2.75, 3.05) is 19.7 Å². The molecule has 0 saturated carbocycles. The molecule has 6 nitrogen and oxygen atoms in total. The van der Waals surface area contributed by atoms with Gasteiger partial charge in [0.05, 0.1) is 17.8 Å². The molecular weight excluding hydrogens is 314 g/mol. The molecule has 0 radical (unpaired) electrons. The maximum Gasteiger partial charge on any atom is 0.191 e. The molecule has 25 heavy (non-hydrogen) atoms. The highest BCUT2D eigenvalue weighted by Crippen LogP contribution is 2.23. The third-order valence-electron chi connectivity index (χ3n) is 4.40. The van der Waals surface area contributed by atoms with E-state index < -0.39 is 0 Å². The molecule has 3 rings (SSSR count). The van der Waals surface area contributed by atoms with Crippen LogP contribution in [0.5, 0.6) is 0 Å². The van der Waals surface area contributed by atoms with Crippen molar-refractivity contribution in [3.05, 3.63) is 48.3 Å². The van der Waals surface area contributed by atoms with Crippen LogP contribution in [-0.4, -0.2) is 41.0 Å². The third kappa shape index (κ3) is 4.82. The van der Waals surface area contributed by atoms with Crippen LogP contribution in [-0.2, 0) is 11.3 Å². The second kappa shape index (κ2) is 8.16. The summed E-state index contributed by atoms with van der Waals surface area (Å²) in [6.07, 6.45) is 5.94. The Balaban J connectivity index is 1.58. The number of nitrogens with zero attached hydrogens (tertiary/aromatic N) is 3. The van der Waals surface area contributed by atoms with E-state index in [2.05, 4.69) is 58.8 Å². The minimum atomic E-state index is -0.0817. The largest absolute Gasteiger partial charge is 0.373 e. The van der Waals surface area contributed by atoms with E-state index in [0.29, 0.717) is 6.54 Å². The molecule has 1 unspecified atom stereocenters. The molecule has 1 aromatic carbocycles. The van der Waals surface area contributed by atoms with Crippen LogP contribution >= 0.6 is 0 Å². The van der Waals surface area contributed by atoms with Crippen molar-refractivity contribution in [3.63, 3.8) is 0 Å². The van der Waals surface area contributed by atoms with E-state index in [0.717, 1.165) is 49.7 Å². The Labute approximate surface area is 149 Å². The summed E-state index contributed by atoms with van der Waals surface area (Å²) >= 11 is 0. The quantitative estimate of drug-likeness (QED) is 0.626. The lowest BCUT2D eigenvalue weighted by molar-refractivity contribution is 0.0243. The molecule has 1 atom stereocenters. The van der Waals surface area contributed by atoms with Gasteiger partial charge in [0.15, 0.2) is 5.96 Å². The van der Waals surface area contributed by atoms with E-state index in [4.69, 9.17) is 4.74 Å². The fourth-order valence-electron chi connectivity index (χ4n) is 2.93. The maximum atomic E-state index is 5.83. The van der Waals surface area contributed by atoms with E-state index in [1.807, 2.05) is 16.9 Å². The van der Waals surface area contributed by atoms with Gasteiger partial charge in [-0.05, 0) is 50.5 Å². The highest BCUT2D eigenvalue weighted by molar-refractivity contribution is 5.79. The number of aliphatic imine (C=N–C) groups is 1. The van der Waals surface area contributed by atoms with E-state index in [9.17, 15) is 0 Å². The molecule has 2 aromatic rings. The number of hydrogen-bond acceptors (Lipinski definition) is 3. The predicted molar refractivity (Wildman–Crippen MR) is 100.0 cm³/mol. The average molecular weight is 341 g/mol. The van der Waals surface area contributed by atoms with E-state index >= 15 is 0 Å². The zero-order valence-corrected chi connectivity index (χ0v) is 15.0. The summed E-state index contributed by atoms with van der Waals surface area (Å²) in [5, 5.41) is 10.9. The lowest BCUT2D eigenvalue weighted by Crippen LogP contribution is -2.45. The van der Waals surface area contributed by atoms with Gasteiger partial charge in [-0.2, -0.15) is 5.10 Å². The molecule has 6 heteroatoms. The normalized spacial score (nSPS) is 20.6. The Morgan fingerprint density at radius 2 is 2.16 bits per heavy atom. The summed E-state index contributed by atoms with van der Waals surface area (Å²) in [5.41, 5.74) is 2.13. The van der Waals surface area contributed by atoms with Crippen LogP contribution in [0, 0.1) is 0 Å². The minimum Gasteiger partial charge on any atom is -0.373 e. The monoisotopic (exact) mass is 341 g/mol. The van der Waals surface area contributed by atoms with Crippen LogP contribution in [0.1, 0.15) is 32.3 Å². The number of nitrogens with one attached hydrogen (secondary N) is 2. The molecule has 0 aliphatic carbocycles. The summed E-state index contributed by atoms with van der Waals surface area (Å²) in [6, 6.07) is 10.2. The van der Waals surface area contributed by atoms with Crippen LogP contribution in [0.2, 0.25) is 0 Å². The Bertz CT molecular complexity index is 672. The summed E-state index contributed by atoms with van der Waals surface area (Å²) in [6.45, 7) is 7.33. The SMILES string of the molecule is CCNC(=NCc1ccc(-n2cccn2)cc1)NCC1(C)CCCO1. The molecule has 1 aliphatic rings. The van der Waals surface area contributed by atoms with Gasteiger partial charge in [0.1, 0.15) is 0 Å². The summed E-state index contributed by atoms with van der Waals surface area (Å²) < 4.78 is 7.67. The standard InChI is InChI=1S/C19H27N5O/c1-3-20-18(22-15-19(2)10-4-13-25-19)21-14-16-6-8-17(9-7-16)24-12-5-11-23-24/h5-9,11-12H,3-4,10,13-15H2,1-2H3,(H2,20,21,22). The number of hydrogen-bond donors (Lipinski definition) is 2. The van der Waals surface area contributed by atoms with E-state index in [1.165, 1.54) is 0 Å². The first-order chi connectivity index (χ1) is 12.2. The van der Waals surface area contributed by atoms with Gasteiger partial charge in [-0.25, -0.2) is 9.67 Å². The van der Waals surface area contributed by atoms with Crippen LogP contribution < -0.4 is 10.6 Å². The van der Waals surface area contributed by atoms with Crippen molar-refractivity contribution >= 4 is 5.96 Å². The van der Waals surface area contributed by atoms with Crippen molar-refractivity contribution in [2.45, 2.75) is 38.8 Å². The van der Waals surface area contributed by atoms with Crippen molar-refractivity contribution < 1.29 is 4.74 Å². The number of aromatic nitrogens is 2. The molecule has 0 bridgehead atoms. The predicted octanol–water partition coefficient (Wildman–Crippen LogP) is 2.50. The van der Waals surface area contributed by atoms with Crippen molar-refractivity contribution in [1.82, 2.24) is 20.4 Å². The van der Waals surface area contributed by atoms with Crippen LogP contribution in [0.4, 0.5) is 0 Å². The zero-order chi connectivity index (χ0) is 17.5. The molecular formula is C19H27N5O. The van der Waals surface area contributed by atoms with Gasteiger partial charge in [-0.1, -0.05) is 12.1 Å². The molecule has 1 fully saturated rings. The van der Waals surface area contributed by atoms with Crippen LogP contribution in [0.3, 0.4) is 0 Å². The molecule has 0 spiro atoms. The fourth-order valence-corrected chi connectivity index (χ4v) is 2.93. The van der Waals surface area contributed by atoms with Gasteiger partial charge in [0.2, 0.25) is 0 Å². The van der Waals surface area contributed by atoms with E-state index in [1.54, 1.807) is 6.20 Å². The molecule has 2 N–H and O–H groups in total.